The first kappa shape index (κ1) is 15.6. The van der Waals surface area contributed by atoms with Gasteiger partial charge in [-0.25, -0.2) is 17.9 Å². The number of hydrogen-bond donors (Lipinski definition) is 1. The lowest BCUT2D eigenvalue weighted by Crippen LogP contribution is -2.30. The van der Waals surface area contributed by atoms with E-state index in [-0.39, 0.29) is 11.0 Å². The van der Waals surface area contributed by atoms with E-state index in [4.69, 9.17) is 5.14 Å². The van der Waals surface area contributed by atoms with E-state index in [9.17, 15) is 12.8 Å². The molecule has 0 aliphatic heterocycles. The standard InChI is InChI=1S/C13H17FN4O2S/c1-13(2,3)18-11(16-17-12(18)21(15,19)20)8-9-4-6-10(14)7-5-9/h4-7H,8H2,1-3H3,(H2,15,19,20). The molecule has 0 amide bonds. The molecule has 2 rings (SSSR count). The number of hydrogen-bond acceptors (Lipinski definition) is 4. The summed E-state index contributed by atoms with van der Waals surface area (Å²) in [4.78, 5) is 0. The van der Waals surface area contributed by atoms with Gasteiger partial charge in [0.15, 0.2) is 0 Å². The van der Waals surface area contributed by atoms with Crippen molar-refractivity contribution in [2.45, 2.75) is 37.9 Å². The summed E-state index contributed by atoms with van der Waals surface area (Å²) in [6, 6.07) is 5.92. The first-order valence-corrected chi connectivity index (χ1v) is 7.85. The van der Waals surface area contributed by atoms with Crippen LogP contribution < -0.4 is 5.14 Å². The zero-order chi connectivity index (χ0) is 15.8. The maximum Gasteiger partial charge on any atom is 0.273 e. The predicted molar refractivity (Wildman–Crippen MR) is 75.6 cm³/mol. The van der Waals surface area contributed by atoms with Gasteiger partial charge in [-0.05, 0) is 38.5 Å². The third-order valence-electron chi connectivity index (χ3n) is 2.90. The normalized spacial score (nSPS) is 12.6. The Bertz CT molecular complexity index is 745. The minimum absolute atomic E-state index is 0.271. The molecule has 0 saturated carbocycles. The fourth-order valence-corrected chi connectivity index (χ4v) is 2.85. The number of halogens is 1. The maximum absolute atomic E-state index is 12.9. The Morgan fingerprint density at radius 1 is 1.19 bits per heavy atom. The molecule has 0 unspecified atom stereocenters. The average molecular weight is 312 g/mol. The van der Waals surface area contributed by atoms with Crippen molar-refractivity contribution in [1.82, 2.24) is 14.8 Å². The Morgan fingerprint density at radius 2 is 1.76 bits per heavy atom. The molecular formula is C13H17FN4O2S. The van der Waals surface area contributed by atoms with E-state index in [2.05, 4.69) is 10.2 Å². The highest BCUT2D eigenvalue weighted by Crippen LogP contribution is 2.22. The molecule has 0 atom stereocenters. The quantitative estimate of drug-likeness (QED) is 0.927. The molecule has 8 heteroatoms. The Hall–Kier alpha value is -1.80. The highest BCUT2D eigenvalue weighted by atomic mass is 32.2. The molecule has 0 spiro atoms. The second kappa shape index (κ2) is 5.19. The number of aromatic nitrogens is 3. The molecule has 114 valence electrons. The smallest absolute Gasteiger partial charge is 0.273 e. The van der Waals surface area contributed by atoms with Crippen molar-refractivity contribution in [2.24, 2.45) is 5.14 Å². The lowest BCUT2D eigenvalue weighted by molar-refractivity contribution is 0.351. The highest BCUT2D eigenvalue weighted by Gasteiger charge is 2.28. The summed E-state index contributed by atoms with van der Waals surface area (Å²) in [5, 5.41) is 12.5. The summed E-state index contributed by atoms with van der Waals surface area (Å²) in [5.74, 6) is 0.124. The van der Waals surface area contributed by atoms with Gasteiger partial charge in [0.25, 0.3) is 15.2 Å². The van der Waals surface area contributed by atoms with Gasteiger partial charge in [0.1, 0.15) is 11.6 Å². The van der Waals surface area contributed by atoms with Crippen molar-refractivity contribution in [3.05, 3.63) is 41.5 Å². The Kier molecular flexibility index (Phi) is 3.85. The van der Waals surface area contributed by atoms with E-state index >= 15 is 0 Å². The Morgan fingerprint density at radius 3 is 2.24 bits per heavy atom. The molecule has 0 fully saturated rings. The van der Waals surface area contributed by atoms with E-state index in [1.807, 2.05) is 20.8 Å². The first-order chi connectivity index (χ1) is 9.59. The third kappa shape index (κ3) is 3.45. The van der Waals surface area contributed by atoms with E-state index in [0.29, 0.717) is 12.2 Å². The molecule has 0 bridgehead atoms. The van der Waals surface area contributed by atoms with Crippen molar-refractivity contribution in [3.63, 3.8) is 0 Å². The van der Waals surface area contributed by atoms with E-state index in [1.165, 1.54) is 16.7 Å². The molecule has 0 aliphatic carbocycles. The highest BCUT2D eigenvalue weighted by molar-refractivity contribution is 7.89. The molecular weight excluding hydrogens is 295 g/mol. The van der Waals surface area contributed by atoms with Crippen LogP contribution in [0.4, 0.5) is 4.39 Å². The van der Waals surface area contributed by atoms with Gasteiger partial charge in [-0.2, -0.15) is 0 Å². The van der Waals surface area contributed by atoms with Gasteiger partial charge in [-0.1, -0.05) is 12.1 Å². The Balaban J connectivity index is 2.50. The van der Waals surface area contributed by atoms with E-state index < -0.39 is 15.6 Å². The molecule has 2 N–H and O–H groups in total. The van der Waals surface area contributed by atoms with Crippen molar-refractivity contribution in [1.29, 1.82) is 0 Å². The summed E-state index contributed by atoms with van der Waals surface area (Å²) in [6.45, 7) is 5.50. The second-order valence-corrected chi connectivity index (χ2v) is 7.21. The summed E-state index contributed by atoms with van der Waals surface area (Å²) in [5.41, 5.74) is 0.246. The van der Waals surface area contributed by atoms with Gasteiger partial charge in [0.2, 0.25) is 0 Å². The van der Waals surface area contributed by atoms with Crippen LogP contribution in [0.1, 0.15) is 32.2 Å². The molecule has 1 heterocycles. The SMILES string of the molecule is CC(C)(C)n1c(Cc2ccc(F)cc2)nnc1S(N)(=O)=O. The molecule has 0 aliphatic rings. The van der Waals surface area contributed by atoms with Crippen LogP contribution in [0.2, 0.25) is 0 Å². The Labute approximate surface area is 122 Å². The van der Waals surface area contributed by atoms with Crippen LogP contribution in [0.3, 0.4) is 0 Å². The second-order valence-electron chi connectivity index (χ2n) is 5.75. The van der Waals surface area contributed by atoms with Gasteiger partial charge in [0, 0.05) is 12.0 Å². The number of sulfonamides is 1. The van der Waals surface area contributed by atoms with Crippen molar-refractivity contribution >= 4 is 10.0 Å². The number of rotatable bonds is 3. The van der Waals surface area contributed by atoms with Crippen LogP contribution in [0.5, 0.6) is 0 Å². The van der Waals surface area contributed by atoms with Crippen LogP contribution in [-0.2, 0) is 22.0 Å². The van der Waals surface area contributed by atoms with Crippen LogP contribution in [0.15, 0.2) is 29.4 Å². The van der Waals surface area contributed by atoms with E-state index in [1.54, 1.807) is 12.1 Å². The third-order valence-corrected chi connectivity index (χ3v) is 3.67. The molecule has 1 aromatic carbocycles. The summed E-state index contributed by atoms with van der Waals surface area (Å²) in [7, 11) is -3.97. The van der Waals surface area contributed by atoms with E-state index in [0.717, 1.165) is 5.56 Å². The fourth-order valence-electron chi connectivity index (χ4n) is 2.06. The number of benzene rings is 1. The molecule has 6 nitrogen and oxygen atoms in total. The minimum atomic E-state index is -3.97. The first-order valence-electron chi connectivity index (χ1n) is 6.31. The zero-order valence-corrected chi connectivity index (χ0v) is 12.9. The van der Waals surface area contributed by atoms with Gasteiger partial charge in [0.05, 0.1) is 0 Å². The average Bonchev–Trinajstić information content (AvgIpc) is 2.75. The number of nitrogens with zero attached hydrogens (tertiary/aromatic N) is 3. The molecule has 2 aromatic rings. The van der Waals surface area contributed by atoms with Crippen LogP contribution in [0, 0.1) is 5.82 Å². The van der Waals surface area contributed by atoms with Gasteiger partial charge >= 0.3 is 0 Å². The molecule has 0 radical (unpaired) electrons. The lowest BCUT2D eigenvalue weighted by Gasteiger charge is -2.24. The largest absolute Gasteiger partial charge is 0.295 e. The van der Waals surface area contributed by atoms with Crippen molar-refractivity contribution in [2.75, 3.05) is 0 Å². The topological polar surface area (TPSA) is 90.9 Å². The fraction of sp³-hybridized carbons (Fsp3) is 0.385. The molecule has 0 saturated heterocycles. The maximum atomic E-state index is 12.9. The van der Waals surface area contributed by atoms with Gasteiger partial charge in [-0.15, -0.1) is 10.2 Å². The summed E-state index contributed by atoms with van der Waals surface area (Å²) < 4.78 is 37.6. The van der Waals surface area contributed by atoms with Crippen LogP contribution >= 0.6 is 0 Å². The van der Waals surface area contributed by atoms with Crippen molar-refractivity contribution < 1.29 is 12.8 Å². The summed E-state index contributed by atoms with van der Waals surface area (Å²) in [6.07, 6.45) is 0.333. The monoisotopic (exact) mass is 312 g/mol. The van der Waals surface area contributed by atoms with Gasteiger partial charge in [-0.3, -0.25) is 4.57 Å². The van der Waals surface area contributed by atoms with Crippen molar-refractivity contribution in [3.8, 4) is 0 Å². The summed E-state index contributed by atoms with van der Waals surface area (Å²) >= 11 is 0. The molecule has 1 aromatic heterocycles. The zero-order valence-electron chi connectivity index (χ0n) is 12.0. The molecule has 21 heavy (non-hydrogen) atoms. The predicted octanol–water partition coefficient (Wildman–Crippen LogP) is 1.41. The van der Waals surface area contributed by atoms with Crippen LogP contribution in [0.25, 0.3) is 0 Å². The van der Waals surface area contributed by atoms with Gasteiger partial charge < -0.3 is 0 Å². The lowest BCUT2D eigenvalue weighted by atomic mass is 10.1. The van der Waals surface area contributed by atoms with Crippen LogP contribution in [-0.4, -0.2) is 23.2 Å². The number of primary sulfonamides is 1. The number of nitrogens with two attached hydrogens (primary N) is 1. The minimum Gasteiger partial charge on any atom is -0.295 e.